The molecule has 3 atom stereocenters. The van der Waals surface area contributed by atoms with Crippen LogP contribution in [0.15, 0.2) is 36.5 Å². The molecule has 1 saturated carbocycles. The van der Waals surface area contributed by atoms with Crippen molar-refractivity contribution in [1.82, 2.24) is 5.32 Å². The molecule has 0 amide bonds. The summed E-state index contributed by atoms with van der Waals surface area (Å²) >= 11 is 0. The molecular formula is C18H25N. The summed E-state index contributed by atoms with van der Waals surface area (Å²) in [5.74, 6) is 1.58. The van der Waals surface area contributed by atoms with Gasteiger partial charge >= 0.3 is 0 Å². The molecule has 0 aromatic heterocycles. The summed E-state index contributed by atoms with van der Waals surface area (Å²) in [4.78, 5) is 0. The second-order valence-corrected chi connectivity index (χ2v) is 6.43. The molecule has 0 saturated heterocycles. The van der Waals surface area contributed by atoms with Gasteiger partial charge in [-0.25, -0.2) is 0 Å². The summed E-state index contributed by atoms with van der Waals surface area (Å²) in [5, 5.41) is 3.74. The van der Waals surface area contributed by atoms with Crippen LogP contribution in [0.2, 0.25) is 0 Å². The van der Waals surface area contributed by atoms with Crippen molar-refractivity contribution in [1.29, 1.82) is 0 Å². The van der Waals surface area contributed by atoms with E-state index in [0.29, 0.717) is 12.0 Å². The quantitative estimate of drug-likeness (QED) is 0.832. The first-order chi connectivity index (χ1) is 9.24. The van der Waals surface area contributed by atoms with E-state index in [1.54, 1.807) is 0 Å². The van der Waals surface area contributed by atoms with Crippen LogP contribution in [-0.4, -0.2) is 0 Å². The van der Waals surface area contributed by atoms with Gasteiger partial charge in [-0.2, -0.15) is 0 Å². The van der Waals surface area contributed by atoms with E-state index in [1.165, 1.54) is 55.3 Å². The lowest BCUT2D eigenvalue weighted by Gasteiger charge is -2.29. The highest BCUT2D eigenvalue weighted by Gasteiger charge is 2.26. The molecule has 3 unspecified atom stereocenters. The molecule has 0 aliphatic heterocycles. The van der Waals surface area contributed by atoms with E-state index in [-0.39, 0.29) is 0 Å². The highest BCUT2D eigenvalue weighted by Crippen LogP contribution is 2.36. The summed E-state index contributed by atoms with van der Waals surface area (Å²) in [6, 6.07) is 9.39. The minimum absolute atomic E-state index is 0.494. The molecule has 0 spiro atoms. The maximum absolute atomic E-state index is 4.33. The average molecular weight is 255 g/mol. The Morgan fingerprint density at radius 1 is 1.21 bits per heavy atom. The molecule has 1 nitrogen and oxygen atoms in total. The van der Waals surface area contributed by atoms with Crippen molar-refractivity contribution >= 4 is 0 Å². The number of allylic oxidation sites excluding steroid dienone is 1. The molecule has 0 bridgehead atoms. The Kier molecular flexibility index (Phi) is 3.63. The van der Waals surface area contributed by atoms with Gasteiger partial charge in [-0.1, -0.05) is 44.2 Å². The van der Waals surface area contributed by atoms with E-state index in [2.05, 4.69) is 43.1 Å². The van der Waals surface area contributed by atoms with E-state index in [4.69, 9.17) is 0 Å². The van der Waals surface area contributed by atoms with Gasteiger partial charge in [-0.3, -0.25) is 0 Å². The Morgan fingerprint density at radius 3 is 2.84 bits per heavy atom. The summed E-state index contributed by atoms with van der Waals surface area (Å²) in [7, 11) is 0. The van der Waals surface area contributed by atoms with Gasteiger partial charge in [0.25, 0.3) is 0 Å². The lowest BCUT2D eigenvalue weighted by Crippen LogP contribution is -2.27. The summed E-state index contributed by atoms with van der Waals surface area (Å²) in [6.07, 6.45) is 7.79. The van der Waals surface area contributed by atoms with E-state index in [0.717, 1.165) is 5.92 Å². The first kappa shape index (κ1) is 12.8. The fraction of sp³-hybridized carbons (Fsp3) is 0.556. The molecule has 19 heavy (non-hydrogen) atoms. The molecule has 2 aliphatic rings. The topological polar surface area (TPSA) is 12.0 Å². The van der Waals surface area contributed by atoms with Crippen LogP contribution in [0.5, 0.6) is 0 Å². The van der Waals surface area contributed by atoms with Crippen molar-refractivity contribution < 1.29 is 0 Å². The van der Waals surface area contributed by atoms with Crippen LogP contribution in [0.4, 0.5) is 0 Å². The minimum atomic E-state index is 0.494. The van der Waals surface area contributed by atoms with Crippen molar-refractivity contribution in [3.63, 3.8) is 0 Å². The normalized spacial score (nSPS) is 29.8. The Hall–Kier alpha value is -1.24. The lowest BCUT2D eigenvalue weighted by atomic mass is 9.87. The zero-order valence-corrected chi connectivity index (χ0v) is 12.0. The van der Waals surface area contributed by atoms with E-state index in [9.17, 15) is 0 Å². The molecule has 1 aromatic rings. The van der Waals surface area contributed by atoms with Crippen molar-refractivity contribution in [3.8, 4) is 0 Å². The third-order valence-electron chi connectivity index (χ3n) is 4.92. The van der Waals surface area contributed by atoms with Crippen molar-refractivity contribution in [3.05, 3.63) is 47.7 Å². The van der Waals surface area contributed by atoms with Gasteiger partial charge < -0.3 is 5.32 Å². The largest absolute Gasteiger partial charge is 0.382 e. The Bertz CT molecular complexity index is 463. The van der Waals surface area contributed by atoms with Crippen LogP contribution in [-0.2, 0) is 6.42 Å². The van der Waals surface area contributed by atoms with E-state index >= 15 is 0 Å². The van der Waals surface area contributed by atoms with Crippen molar-refractivity contribution in [2.24, 2.45) is 11.8 Å². The summed E-state index contributed by atoms with van der Waals surface area (Å²) in [6.45, 7) is 6.69. The number of rotatable bonds is 3. The zero-order valence-electron chi connectivity index (χ0n) is 12.0. The van der Waals surface area contributed by atoms with Crippen LogP contribution in [0.25, 0.3) is 0 Å². The lowest BCUT2D eigenvalue weighted by molar-refractivity contribution is 0.455. The van der Waals surface area contributed by atoms with Crippen molar-refractivity contribution in [2.75, 3.05) is 0 Å². The Labute approximate surface area is 117 Å². The monoisotopic (exact) mass is 255 g/mol. The number of fused-ring (bicyclic) bond motifs is 1. The molecule has 1 heteroatoms. The predicted molar refractivity (Wildman–Crippen MR) is 80.9 cm³/mol. The first-order valence-electron chi connectivity index (χ1n) is 7.77. The van der Waals surface area contributed by atoms with Crippen LogP contribution >= 0.6 is 0 Å². The maximum atomic E-state index is 4.33. The Balaban J connectivity index is 1.69. The molecule has 2 aliphatic carbocycles. The Morgan fingerprint density at radius 2 is 2.05 bits per heavy atom. The summed E-state index contributed by atoms with van der Waals surface area (Å²) in [5.41, 5.74) is 4.31. The highest BCUT2D eigenvalue weighted by molar-refractivity contribution is 5.32. The molecule has 3 rings (SSSR count). The third-order valence-corrected chi connectivity index (χ3v) is 4.92. The minimum Gasteiger partial charge on any atom is -0.382 e. The predicted octanol–water partition coefficient (Wildman–Crippen LogP) is 4.60. The number of hydrogen-bond donors (Lipinski definition) is 1. The van der Waals surface area contributed by atoms with Crippen molar-refractivity contribution in [2.45, 2.75) is 51.5 Å². The number of nitrogens with one attached hydrogen (secondary N) is 1. The van der Waals surface area contributed by atoms with E-state index in [1.807, 2.05) is 0 Å². The van der Waals surface area contributed by atoms with Gasteiger partial charge in [-0.15, -0.1) is 0 Å². The molecule has 1 N–H and O–H groups in total. The van der Waals surface area contributed by atoms with Gasteiger partial charge in [0.05, 0.1) is 6.04 Å². The molecular weight excluding hydrogens is 230 g/mol. The second-order valence-electron chi connectivity index (χ2n) is 6.43. The van der Waals surface area contributed by atoms with Gasteiger partial charge in [0.1, 0.15) is 0 Å². The van der Waals surface area contributed by atoms with Crippen LogP contribution < -0.4 is 5.32 Å². The number of benzene rings is 1. The zero-order chi connectivity index (χ0) is 13.2. The second kappa shape index (κ2) is 5.40. The number of hydrogen-bond acceptors (Lipinski definition) is 1. The first-order valence-corrected chi connectivity index (χ1v) is 7.77. The number of aryl methyl sites for hydroxylation is 1. The van der Waals surface area contributed by atoms with Crippen LogP contribution in [0.1, 0.15) is 56.2 Å². The average Bonchev–Trinajstić information content (AvgIpc) is 2.86. The fourth-order valence-corrected chi connectivity index (χ4v) is 3.77. The molecule has 0 heterocycles. The molecule has 1 aromatic carbocycles. The standard InChI is InChI=1S/C18H25N/c1-13-10-11-16(12-13)14(2)19-18-9-5-7-15-6-3-4-8-17(15)18/h3-4,6,8,13,16,18-19H,2,5,7,9-12H2,1H3. The van der Waals surface area contributed by atoms with Gasteiger partial charge in [0, 0.05) is 5.70 Å². The smallest absolute Gasteiger partial charge is 0.0513 e. The highest BCUT2D eigenvalue weighted by atomic mass is 14.9. The van der Waals surface area contributed by atoms with E-state index < -0.39 is 0 Å². The SMILES string of the molecule is C=C(NC1CCCc2ccccc21)C1CCC(C)C1. The third kappa shape index (κ3) is 2.70. The van der Waals surface area contributed by atoms with Gasteiger partial charge in [0.2, 0.25) is 0 Å². The maximum Gasteiger partial charge on any atom is 0.0513 e. The molecule has 0 radical (unpaired) electrons. The van der Waals surface area contributed by atoms with Gasteiger partial charge in [0.15, 0.2) is 0 Å². The van der Waals surface area contributed by atoms with Crippen LogP contribution in [0.3, 0.4) is 0 Å². The molecule has 1 fully saturated rings. The summed E-state index contributed by atoms with van der Waals surface area (Å²) < 4.78 is 0. The van der Waals surface area contributed by atoms with Crippen LogP contribution in [0, 0.1) is 11.8 Å². The van der Waals surface area contributed by atoms with Gasteiger partial charge in [-0.05, 0) is 55.1 Å². The molecule has 102 valence electrons. The fourth-order valence-electron chi connectivity index (χ4n) is 3.77.